The number of amides is 1. The molecule has 0 N–H and O–H groups in total. The minimum absolute atomic E-state index is 0.0102. The molecule has 0 spiro atoms. The van der Waals surface area contributed by atoms with Crippen LogP contribution >= 0.6 is 23.2 Å². The van der Waals surface area contributed by atoms with Crippen LogP contribution in [0.1, 0.15) is 19.4 Å². The van der Waals surface area contributed by atoms with E-state index in [9.17, 15) is 13.2 Å². The fourth-order valence-corrected chi connectivity index (χ4v) is 3.97. The molecule has 0 aliphatic heterocycles. The molecular formula is C20H23Cl2NO6S. The Labute approximate surface area is 186 Å². The van der Waals surface area contributed by atoms with Crippen molar-refractivity contribution in [3.05, 3.63) is 52.0 Å². The van der Waals surface area contributed by atoms with Crippen LogP contribution in [0.3, 0.4) is 0 Å². The standard InChI is InChI=1S/C20H23Cl2NO6S/c1-13(2)23(20(24)12-27-3)11-14-5-8-18(28-4)19(9-14)29-30(25,26)15-6-7-16(21)17(22)10-15/h5-10,13H,11-12H2,1-4H3. The molecule has 2 rings (SSSR count). The average Bonchev–Trinajstić information content (AvgIpc) is 2.68. The minimum Gasteiger partial charge on any atom is -0.493 e. The molecule has 2 aromatic carbocycles. The van der Waals surface area contributed by atoms with E-state index in [0.717, 1.165) is 0 Å². The third kappa shape index (κ3) is 6.01. The SMILES string of the molecule is COCC(=O)N(Cc1ccc(OC)c(OS(=O)(=O)c2ccc(Cl)c(Cl)c2)c1)C(C)C. The zero-order valence-corrected chi connectivity index (χ0v) is 19.3. The van der Waals surface area contributed by atoms with E-state index in [1.54, 1.807) is 17.0 Å². The summed E-state index contributed by atoms with van der Waals surface area (Å²) in [5, 5.41) is 0.316. The Morgan fingerprint density at radius 1 is 1.03 bits per heavy atom. The highest BCUT2D eigenvalue weighted by atomic mass is 35.5. The van der Waals surface area contributed by atoms with Gasteiger partial charge in [0.1, 0.15) is 11.5 Å². The molecule has 0 unspecified atom stereocenters. The monoisotopic (exact) mass is 475 g/mol. The molecule has 0 radical (unpaired) electrons. The van der Waals surface area contributed by atoms with Crippen LogP contribution < -0.4 is 8.92 Å². The van der Waals surface area contributed by atoms with Gasteiger partial charge >= 0.3 is 10.1 Å². The van der Waals surface area contributed by atoms with Gasteiger partial charge in [-0.25, -0.2) is 0 Å². The number of carbonyl (C=O) groups is 1. The molecule has 2 aromatic rings. The maximum absolute atomic E-state index is 12.7. The van der Waals surface area contributed by atoms with Crippen LogP contribution in [-0.4, -0.2) is 46.1 Å². The minimum atomic E-state index is -4.20. The second kappa shape index (κ2) is 10.3. The third-order valence-electron chi connectivity index (χ3n) is 4.17. The lowest BCUT2D eigenvalue weighted by molar-refractivity contribution is -0.137. The van der Waals surface area contributed by atoms with Crippen LogP contribution in [0.5, 0.6) is 11.5 Å². The van der Waals surface area contributed by atoms with Crippen molar-refractivity contribution in [2.75, 3.05) is 20.8 Å². The molecule has 0 atom stereocenters. The Morgan fingerprint density at radius 2 is 1.73 bits per heavy atom. The summed E-state index contributed by atoms with van der Waals surface area (Å²) < 4.78 is 40.9. The van der Waals surface area contributed by atoms with Crippen molar-refractivity contribution in [3.63, 3.8) is 0 Å². The van der Waals surface area contributed by atoms with E-state index in [0.29, 0.717) is 5.56 Å². The van der Waals surface area contributed by atoms with E-state index in [-0.39, 0.29) is 51.5 Å². The molecule has 0 fully saturated rings. The average molecular weight is 476 g/mol. The Morgan fingerprint density at radius 3 is 2.30 bits per heavy atom. The molecular weight excluding hydrogens is 453 g/mol. The van der Waals surface area contributed by atoms with Gasteiger partial charge in [0.2, 0.25) is 5.91 Å². The van der Waals surface area contributed by atoms with Crippen LogP contribution in [0.15, 0.2) is 41.3 Å². The Bertz CT molecular complexity index is 1010. The number of hydrogen-bond donors (Lipinski definition) is 0. The fourth-order valence-electron chi connectivity index (χ4n) is 2.65. The maximum Gasteiger partial charge on any atom is 0.339 e. The van der Waals surface area contributed by atoms with Crippen LogP contribution in [0, 0.1) is 0 Å². The molecule has 164 valence electrons. The molecule has 1 amide bonds. The molecule has 10 heteroatoms. The van der Waals surface area contributed by atoms with Crippen molar-refractivity contribution in [1.82, 2.24) is 4.90 Å². The maximum atomic E-state index is 12.7. The van der Waals surface area contributed by atoms with Crippen molar-refractivity contribution in [2.24, 2.45) is 0 Å². The molecule has 0 aromatic heterocycles. The number of rotatable bonds is 9. The summed E-state index contributed by atoms with van der Waals surface area (Å²) in [6.45, 7) is 3.95. The number of hydrogen-bond acceptors (Lipinski definition) is 6. The summed E-state index contributed by atoms with van der Waals surface area (Å²) in [4.78, 5) is 13.8. The Hall–Kier alpha value is -2.00. The number of nitrogens with zero attached hydrogens (tertiary/aromatic N) is 1. The first-order valence-electron chi connectivity index (χ1n) is 8.94. The van der Waals surface area contributed by atoms with Crippen molar-refractivity contribution < 1.29 is 26.9 Å². The predicted octanol–water partition coefficient (Wildman–Crippen LogP) is 4.15. The number of benzene rings is 2. The molecule has 0 aliphatic carbocycles. The normalized spacial score (nSPS) is 11.4. The zero-order valence-electron chi connectivity index (χ0n) is 17.0. The molecule has 7 nitrogen and oxygen atoms in total. The largest absolute Gasteiger partial charge is 0.493 e. The van der Waals surface area contributed by atoms with E-state index in [2.05, 4.69) is 0 Å². The van der Waals surface area contributed by atoms with E-state index in [1.165, 1.54) is 38.5 Å². The summed E-state index contributed by atoms with van der Waals surface area (Å²) >= 11 is 11.8. The molecule has 0 heterocycles. The van der Waals surface area contributed by atoms with Gasteiger partial charge in [0.25, 0.3) is 0 Å². The van der Waals surface area contributed by atoms with Gasteiger partial charge in [-0.2, -0.15) is 8.42 Å². The van der Waals surface area contributed by atoms with E-state index < -0.39 is 10.1 Å². The third-order valence-corrected chi connectivity index (χ3v) is 6.14. The number of halogens is 2. The van der Waals surface area contributed by atoms with Gasteiger partial charge in [-0.05, 0) is 49.7 Å². The Balaban J connectivity index is 2.35. The molecule has 0 bridgehead atoms. The second-order valence-corrected chi connectivity index (χ2v) is 9.01. The zero-order chi connectivity index (χ0) is 22.5. The summed E-state index contributed by atoms with van der Waals surface area (Å²) in [6.07, 6.45) is 0. The molecule has 0 aliphatic rings. The van der Waals surface area contributed by atoms with E-state index in [4.69, 9.17) is 36.9 Å². The van der Waals surface area contributed by atoms with Gasteiger partial charge in [-0.1, -0.05) is 29.3 Å². The van der Waals surface area contributed by atoms with E-state index in [1.807, 2.05) is 13.8 Å². The first kappa shape index (κ1) is 24.3. The Kier molecular flexibility index (Phi) is 8.37. The van der Waals surface area contributed by atoms with Crippen LogP contribution in [0.2, 0.25) is 10.0 Å². The summed E-state index contributed by atoms with van der Waals surface area (Å²) in [5.41, 5.74) is 0.660. The fraction of sp³-hybridized carbons (Fsp3) is 0.350. The van der Waals surface area contributed by atoms with Crippen molar-refractivity contribution in [2.45, 2.75) is 31.3 Å². The van der Waals surface area contributed by atoms with Gasteiger partial charge in [0.05, 0.1) is 17.2 Å². The van der Waals surface area contributed by atoms with Crippen molar-refractivity contribution >= 4 is 39.2 Å². The van der Waals surface area contributed by atoms with Gasteiger partial charge < -0.3 is 18.6 Å². The summed E-state index contributed by atoms with van der Waals surface area (Å²) in [7, 11) is -1.35. The molecule has 0 saturated heterocycles. The van der Waals surface area contributed by atoms with Crippen LogP contribution in [0.4, 0.5) is 0 Å². The second-order valence-electron chi connectivity index (χ2n) is 6.65. The topological polar surface area (TPSA) is 82.1 Å². The number of carbonyl (C=O) groups excluding carboxylic acids is 1. The van der Waals surface area contributed by atoms with E-state index >= 15 is 0 Å². The lowest BCUT2D eigenvalue weighted by Gasteiger charge is -2.27. The first-order valence-corrected chi connectivity index (χ1v) is 11.1. The molecule has 0 saturated carbocycles. The summed E-state index contributed by atoms with van der Waals surface area (Å²) in [6, 6.07) is 8.61. The highest BCUT2D eigenvalue weighted by Crippen LogP contribution is 2.33. The number of methoxy groups -OCH3 is 2. The smallest absolute Gasteiger partial charge is 0.339 e. The highest BCUT2D eigenvalue weighted by molar-refractivity contribution is 7.87. The van der Waals surface area contributed by atoms with Gasteiger partial charge in [-0.15, -0.1) is 0 Å². The predicted molar refractivity (Wildman–Crippen MR) is 115 cm³/mol. The lowest BCUT2D eigenvalue weighted by Crippen LogP contribution is -2.38. The summed E-state index contributed by atoms with van der Waals surface area (Å²) in [5.74, 6) is 0.0277. The van der Waals surface area contributed by atoms with Gasteiger partial charge in [-0.3, -0.25) is 4.79 Å². The molecule has 30 heavy (non-hydrogen) atoms. The quantitative estimate of drug-likeness (QED) is 0.506. The van der Waals surface area contributed by atoms with Crippen molar-refractivity contribution in [1.29, 1.82) is 0 Å². The highest BCUT2D eigenvalue weighted by Gasteiger charge is 2.22. The lowest BCUT2D eigenvalue weighted by atomic mass is 10.1. The van der Waals surface area contributed by atoms with Crippen molar-refractivity contribution in [3.8, 4) is 11.5 Å². The first-order chi connectivity index (χ1) is 14.1. The van der Waals surface area contributed by atoms with Crippen LogP contribution in [0.25, 0.3) is 0 Å². The van der Waals surface area contributed by atoms with Crippen LogP contribution in [-0.2, 0) is 26.2 Å². The van der Waals surface area contributed by atoms with Gasteiger partial charge in [0.15, 0.2) is 11.5 Å². The van der Waals surface area contributed by atoms with Gasteiger partial charge in [0, 0.05) is 19.7 Å². The number of ether oxygens (including phenoxy) is 2.